The minimum absolute atomic E-state index is 0.566. The van der Waals surface area contributed by atoms with Gasteiger partial charge in [0.25, 0.3) is 0 Å². The first kappa shape index (κ1) is 10.1. The lowest BCUT2D eigenvalue weighted by Crippen LogP contribution is -2.14. The molecule has 1 aromatic heterocycles. The molecule has 15 heavy (non-hydrogen) atoms. The van der Waals surface area contributed by atoms with Crippen LogP contribution in [0.1, 0.15) is 13.0 Å². The van der Waals surface area contributed by atoms with E-state index in [1.54, 1.807) is 23.8 Å². The minimum atomic E-state index is -0.845. The number of carbonyl (C=O) groups is 1. The van der Waals surface area contributed by atoms with Crippen LogP contribution in [0.4, 0.5) is 0 Å². The standard InChI is InChI=1S/C11H10ClNO2/c1-7(11(14)15)13-5-4-8-6-9(12)2-3-10(8)13/h2-7H,1H3,(H,14,15)/t7-/m1/s1. The molecular formula is C11H10ClNO2. The molecule has 1 atom stereocenters. The highest BCUT2D eigenvalue weighted by molar-refractivity contribution is 6.31. The summed E-state index contributed by atoms with van der Waals surface area (Å²) < 4.78 is 1.72. The number of hydrogen-bond acceptors (Lipinski definition) is 1. The summed E-state index contributed by atoms with van der Waals surface area (Å²) in [5.74, 6) is -0.845. The Kier molecular flexibility index (Phi) is 2.40. The van der Waals surface area contributed by atoms with Crippen LogP contribution in [0.25, 0.3) is 10.9 Å². The third kappa shape index (κ3) is 1.70. The van der Waals surface area contributed by atoms with Gasteiger partial charge in [0.1, 0.15) is 6.04 Å². The monoisotopic (exact) mass is 223 g/mol. The maximum atomic E-state index is 10.9. The molecule has 0 radical (unpaired) electrons. The first-order valence-corrected chi connectivity index (χ1v) is 4.96. The lowest BCUT2D eigenvalue weighted by atomic mass is 10.2. The smallest absolute Gasteiger partial charge is 0.326 e. The van der Waals surface area contributed by atoms with Gasteiger partial charge in [-0.15, -0.1) is 0 Å². The highest BCUT2D eigenvalue weighted by atomic mass is 35.5. The van der Waals surface area contributed by atoms with Crippen LogP contribution in [0.2, 0.25) is 5.02 Å². The van der Waals surface area contributed by atoms with Crippen LogP contribution in [0.5, 0.6) is 0 Å². The Morgan fingerprint density at radius 1 is 1.47 bits per heavy atom. The summed E-state index contributed by atoms with van der Waals surface area (Å²) >= 11 is 5.84. The van der Waals surface area contributed by atoms with Crippen molar-refractivity contribution in [3.63, 3.8) is 0 Å². The summed E-state index contributed by atoms with van der Waals surface area (Å²) in [5.41, 5.74) is 0.884. The van der Waals surface area contributed by atoms with E-state index in [0.29, 0.717) is 5.02 Å². The van der Waals surface area contributed by atoms with Gasteiger partial charge in [-0.2, -0.15) is 0 Å². The van der Waals surface area contributed by atoms with Crippen LogP contribution >= 0.6 is 11.6 Å². The molecule has 0 bridgehead atoms. The molecule has 0 aliphatic carbocycles. The van der Waals surface area contributed by atoms with E-state index in [1.807, 2.05) is 18.2 Å². The number of nitrogens with zero attached hydrogens (tertiary/aromatic N) is 1. The maximum absolute atomic E-state index is 10.9. The van der Waals surface area contributed by atoms with E-state index in [-0.39, 0.29) is 0 Å². The number of halogens is 1. The highest BCUT2D eigenvalue weighted by Crippen LogP contribution is 2.23. The zero-order valence-electron chi connectivity index (χ0n) is 8.14. The van der Waals surface area contributed by atoms with E-state index in [2.05, 4.69) is 0 Å². The van der Waals surface area contributed by atoms with Crippen molar-refractivity contribution in [3.8, 4) is 0 Å². The predicted molar refractivity (Wildman–Crippen MR) is 59.3 cm³/mol. The number of aromatic nitrogens is 1. The molecule has 3 nitrogen and oxygen atoms in total. The van der Waals surface area contributed by atoms with Gasteiger partial charge in [0.2, 0.25) is 0 Å². The van der Waals surface area contributed by atoms with Crippen LogP contribution in [0, 0.1) is 0 Å². The molecule has 2 aromatic rings. The van der Waals surface area contributed by atoms with Gasteiger partial charge in [-0.05, 0) is 31.2 Å². The van der Waals surface area contributed by atoms with Gasteiger partial charge in [-0.1, -0.05) is 11.6 Å². The second-order valence-corrected chi connectivity index (χ2v) is 3.88. The van der Waals surface area contributed by atoms with Crippen molar-refractivity contribution in [2.24, 2.45) is 0 Å². The molecule has 0 amide bonds. The van der Waals surface area contributed by atoms with Crippen molar-refractivity contribution in [3.05, 3.63) is 35.5 Å². The topological polar surface area (TPSA) is 42.2 Å². The molecule has 4 heteroatoms. The summed E-state index contributed by atoms with van der Waals surface area (Å²) in [6.45, 7) is 1.65. The Hall–Kier alpha value is -1.48. The van der Waals surface area contributed by atoms with Gasteiger partial charge in [0.05, 0.1) is 0 Å². The normalized spacial score (nSPS) is 12.9. The highest BCUT2D eigenvalue weighted by Gasteiger charge is 2.14. The van der Waals surface area contributed by atoms with E-state index in [4.69, 9.17) is 16.7 Å². The molecule has 1 N–H and O–H groups in total. The molecule has 0 saturated carbocycles. The Morgan fingerprint density at radius 2 is 2.20 bits per heavy atom. The quantitative estimate of drug-likeness (QED) is 0.851. The van der Waals surface area contributed by atoms with E-state index in [9.17, 15) is 4.79 Å². The van der Waals surface area contributed by atoms with Crippen molar-refractivity contribution >= 4 is 28.5 Å². The largest absolute Gasteiger partial charge is 0.480 e. The third-order valence-corrected chi connectivity index (χ3v) is 2.69. The third-order valence-electron chi connectivity index (χ3n) is 2.46. The first-order chi connectivity index (χ1) is 7.09. The molecule has 0 aliphatic rings. The second-order valence-electron chi connectivity index (χ2n) is 3.44. The molecule has 0 spiro atoms. The molecule has 2 rings (SSSR count). The molecule has 0 fully saturated rings. The van der Waals surface area contributed by atoms with E-state index >= 15 is 0 Å². The van der Waals surface area contributed by atoms with Gasteiger partial charge in [0.15, 0.2) is 0 Å². The average Bonchev–Trinajstić information content (AvgIpc) is 2.59. The Bertz CT molecular complexity index is 518. The second kappa shape index (κ2) is 3.59. The maximum Gasteiger partial charge on any atom is 0.326 e. The molecule has 0 aliphatic heterocycles. The molecular weight excluding hydrogens is 214 g/mol. The van der Waals surface area contributed by atoms with Gasteiger partial charge < -0.3 is 9.67 Å². The van der Waals surface area contributed by atoms with Crippen LogP contribution in [0.15, 0.2) is 30.5 Å². The number of aliphatic carboxylic acids is 1. The lowest BCUT2D eigenvalue weighted by Gasteiger charge is -2.09. The summed E-state index contributed by atoms with van der Waals surface area (Å²) in [5, 5.41) is 10.5. The van der Waals surface area contributed by atoms with Crippen molar-refractivity contribution in [1.29, 1.82) is 0 Å². The van der Waals surface area contributed by atoms with Crippen LogP contribution < -0.4 is 0 Å². The van der Waals surface area contributed by atoms with Crippen molar-refractivity contribution in [1.82, 2.24) is 4.57 Å². The summed E-state index contributed by atoms with van der Waals surface area (Å²) in [6, 6.07) is 6.71. The predicted octanol–water partition coefficient (Wildman–Crippen LogP) is 2.94. The van der Waals surface area contributed by atoms with Crippen LogP contribution in [-0.4, -0.2) is 15.6 Å². The van der Waals surface area contributed by atoms with Crippen LogP contribution in [0.3, 0.4) is 0 Å². The van der Waals surface area contributed by atoms with Gasteiger partial charge in [-0.3, -0.25) is 0 Å². The number of benzene rings is 1. The fourth-order valence-electron chi connectivity index (χ4n) is 1.59. The molecule has 78 valence electrons. The fourth-order valence-corrected chi connectivity index (χ4v) is 1.77. The van der Waals surface area contributed by atoms with Gasteiger partial charge in [0, 0.05) is 22.1 Å². The molecule has 1 heterocycles. The molecule has 0 unspecified atom stereocenters. The average molecular weight is 224 g/mol. The minimum Gasteiger partial charge on any atom is -0.480 e. The van der Waals surface area contributed by atoms with Crippen molar-refractivity contribution in [2.75, 3.05) is 0 Å². The van der Waals surface area contributed by atoms with Crippen molar-refractivity contribution in [2.45, 2.75) is 13.0 Å². The van der Waals surface area contributed by atoms with Crippen LogP contribution in [-0.2, 0) is 4.79 Å². The number of rotatable bonds is 2. The summed E-state index contributed by atoms with van der Waals surface area (Å²) in [6.07, 6.45) is 1.76. The molecule has 1 aromatic carbocycles. The fraction of sp³-hybridized carbons (Fsp3) is 0.182. The summed E-state index contributed by atoms with van der Waals surface area (Å²) in [7, 11) is 0. The lowest BCUT2D eigenvalue weighted by molar-refractivity contribution is -0.140. The summed E-state index contributed by atoms with van der Waals surface area (Å²) in [4.78, 5) is 10.9. The zero-order valence-corrected chi connectivity index (χ0v) is 8.90. The number of carboxylic acid groups (broad SMARTS) is 1. The molecule has 0 saturated heterocycles. The number of fused-ring (bicyclic) bond motifs is 1. The zero-order chi connectivity index (χ0) is 11.0. The van der Waals surface area contributed by atoms with Gasteiger partial charge >= 0.3 is 5.97 Å². The van der Waals surface area contributed by atoms with Gasteiger partial charge in [-0.25, -0.2) is 4.79 Å². The van der Waals surface area contributed by atoms with Crippen molar-refractivity contribution < 1.29 is 9.90 Å². The SMILES string of the molecule is C[C@H](C(=O)O)n1ccc2cc(Cl)ccc21. The Morgan fingerprint density at radius 3 is 2.87 bits per heavy atom. The Balaban J connectivity index is 2.59. The van der Waals surface area contributed by atoms with E-state index in [0.717, 1.165) is 10.9 Å². The number of hydrogen-bond donors (Lipinski definition) is 1. The van der Waals surface area contributed by atoms with E-state index in [1.165, 1.54) is 0 Å². The number of carboxylic acids is 1. The first-order valence-electron chi connectivity index (χ1n) is 4.58. The Labute approximate surface area is 91.9 Å². The van der Waals surface area contributed by atoms with E-state index < -0.39 is 12.0 Å².